The Morgan fingerprint density at radius 3 is 2.38 bits per heavy atom. The topological polar surface area (TPSA) is 50.7 Å². The fraction of sp³-hybridized carbons (Fsp3) is 0.263. The smallest absolute Gasteiger partial charge is 0.430 e. The summed E-state index contributed by atoms with van der Waals surface area (Å²) in [5.41, 5.74) is 0.878. The number of esters is 1. The first-order chi connectivity index (χ1) is 12.3. The van der Waals surface area contributed by atoms with Crippen LogP contribution in [-0.4, -0.2) is 25.0 Å². The Morgan fingerprint density at radius 1 is 1.12 bits per heavy atom. The number of hydrogen-bond acceptors (Lipinski definition) is 4. The van der Waals surface area contributed by atoms with E-state index in [2.05, 4.69) is 15.0 Å². The number of alkyl halides is 3. The molecule has 0 amide bonds. The summed E-state index contributed by atoms with van der Waals surface area (Å²) in [5.74, 6) is -2.62. The van der Waals surface area contributed by atoms with Crippen LogP contribution < -0.4 is 5.32 Å². The van der Waals surface area contributed by atoms with Gasteiger partial charge in [-0.1, -0.05) is 42.0 Å². The molecular weight excluding hydrogens is 345 g/mol. The van der Waals surface area contributed by atoms with Crippen molar-refractivity contribution < 1.29 is 22.7 Å². The number of halogens is 3. The van der Waals surface area contributed by atoms with Crippen LogP contribution in [0.5, 0.6) is 0 Å². The Morgan fingerprint density at radius 2 is 1.77 bits per heavy atom. The Hall–Kier alpha value is -2.83. The molecule has 2 aromatic rings. The number of aryl methyl sites for hydroxylation is 1. The number of para-hydroxylation sites is 2. The first-order valence-electron chi connectivity index (χ1n) is 7.97. The van der Waals surface area contributed by atoms with E-state index in [9.17, 15) is 18.0 Å². The summed E-state index contributed by atoms with van der Waals surface area (Å²) in [6, 6.07) is 12.4. The van der Waals surface area contributed by atoms with Gasteiger partial charge in [0, 0.05) is 0 Å². The number of anilines is 1. The Bertz CT molecular complexity index is 845. The van der Waals surface area contributed by atoms with E-state index in [0.29, 0.717) is 11.3 Å². The van der Waals surface area contributed by atoms with Crippen molar-refractivity contribution in [1.82, 2.24) is 0 Å². The van der Waals surface area contributed by atoms with Crippen LogP contribution in [0.4, 0.5) is 24.5 Å². The van der Waals surface area contributed by atoms with Gasteiger partial charge in [-0.2, -0.15) is 13.2 Å². The third-order valence-corrected chi connectivity index (χ3v) is 4.27. The first-order valence-corrected chi connectivity index (χ1v) is 7.97. The van der Waals surface area contributed by atoms with Gasteiger partial charge in [0.25, 0.3) is 0 Å². The highest BCUT2D eigenvalue weighted by atomic mass is 19.4. The number of carbonyl (C=O) groups is 1. The summed E-state index contributed by atoms with van der Waals surface area (Å²) in [7, 11) is 1.07. The average Bonchev–Trinajstić information content (AvgIpc) is 2.78. The van der Waals surface area contributed by atoms with Crippen molar-refractivity contribution in [3.63, 3.8) is 0 Å². The molecule has 0 aliphatic carbocycles. The minimum atomic E-state index is -4.78. The van der Waals surface area contributed by atoms with E-state index >= 15 is 0 Å². The third-order valence-electron chi connectivity index (χ3n) is 4.27. The summed E-state index contributed by atoms with van der Waals surface area (Å²) in [5, 5.41) is 3.05. The highest BCUT2D eigenvalue weighted by Crippen LogP contribution is 2.41. The van der Waals surface area contributed by atoms with Gasteiger partial charge < -0.3 is 10.1 Å². The number of methoxy groups -OCH3 is 1. The summed E-state index contributed by atoms with van der Waals surface area (Å²) >= 11 is 0. The monoisotopic (exact) mass is 362 g/mol. The van der Waals surface area contributed by atoms with Crippen molar-refractivity contribution in [1.29, 1.82) is 0 Å². The highest BCUT2D eigenvalue weighted by Gasteiger charge is 2.49. The maximum Gasteiger partial charge on any atom is 0.430 e. The summed E-state index contributed by atoms with van der Waals surface area (Å²) in [6.07, 6.45) is -4.78. The Kier molecular flexibility index (Phi) is 4.71. The van der Waals surface area contributed by atoms with Crippen LogP contribution in [-0.2, 0) is 9.53 Å². The average molecular weight is 362 g/mol. The minimum absolute atomic E-state index is 0.128. The van der Waals surface area contributed by atoms with E-state index in [1.807, 2.05) is 6.92 Å². The molecule has 1 aliphatic heterocycles. The Balaban J connectivity index is 2.22. The third kappa shape index (κ3) is 3.42. The van der Waals surface area contributed by atoms with Gasteiger partial charge in [0.1, 0.15) is 11.6 Å². The summed E-state index contributed by atoms with van der Waals surface area (Å²) in [6.45, 7) is 1.87. The molecule has 1 N–H and O–H groups in total. The predicted molar refractivity (Wildman–Crippen MR) is 92.6 cm³/mol. The molecule has 26 heavy (non-hydrogen) atoms. The largest absolute Gasteiger partial charge is 0.468 e. The zero-order chi connectivity index (χ0) is 18.9. The lowest BCUT2D eigenvalue weighted by Crippen LogP contribution is -2.41. The van der Waals surface area contributed by atoms with Crippen molar-refractivity contribution in [2.45, 2.75) is 19.1 Å². The lowest BCUT2D eigenvalue weighted by molar-refractivity contribution is -0.145. The quantitative estimate of drug-likeness (QED) is 0.795. The maximum atomic E-state index is 13.7. The lowest BCUT2D eigenvalue weighted by Gasteiger charge is -2.27. The van der Waals surface area contributed by atoms with E-state index in [4.69, 9.17) is 0 Å². The number of benzene rings is 2. The number of nitrogens with one attached hydrogen (secondary N) is 1. The van der Waals surface area contributed by atoms with Gasteiger partial charge in [-0.05, 0) is 24.6 Å². The van der Waals surface area contributed by atoms with Crippen molar-refractivity contribution in [2.75, 3.05) is 12.4 Å². The van der Waals surface area contributed by atoms with Crippen LogP contribution in [0.2, 0.25) is 0 Å². The van der Waals surface area contributed by atoms with Crippen LogP contribution >= 0.6 is 0 Å². The van der Waals surface area contributed by atoms with E-state index in [1.165, 1.54) is 6.07 Å². The minimum Gasteiger partial charge on any atom is -0.468 e. The zero-order valence-corrected chi connectivity index (χ0v) is 14.2. The molecule has 0 saturated heterocycles. The van der Waals surface area contributed by atoms with Crippen LogP contribution in [0, 0.1) is 12.8 Å². The molecule has 0 spiro atoms. The van der Waals surface area contributed by atoms with E-state index in [-0.39, 0.29) is 5.69 Å². The number of fused-ring (bicyclic) bond motifs is 1. The summed E-state index contributed by atoms with van der Waals surface area (Å²) < 4.78 is 45.9. The molecule has 2 atom stereocenters. The zero-order valence-electron chi connectivity index (χ0n) is 14.2. The molecule has 3 rings (SSSR count). The van der Waals surface area contributed by atoms with Gasteiger partial charge in [-0.3, -0.25) is 4.79 Å². The van der Waals surface area contributed by atoms with E-state index < -0.39 is 29.8 Å². The Labute approximate surface area is 148 Å². The number of hydrogen-bond donors (Lipinski definition) is 1. The highest BCUT2D eigenvalue weighted by molar-refractivity contribution is 6.08. The molecule has 0 aromatic heterocycles. The van der Waals surface area contributed by atoms with E-state index in [0.717, 1.165) is 12.7 Å². The predicted octanol–water partition coefficient (Wildman–Crippen LogP) is 4.59. The second kappa shape index (κ2) is 6.82. The maximum absolute atomic E-state index is 13.7. The lowest BCUT2D eigenvalue weighted by atomic mass is 9.88. The van der Waals surface area contributed by atoms with Crippen LogP contribution in [0.1, 0.15) is 17.2 Å². The molecule has 0 radical (unpaired) electrons. The molecule has 1 heterocycles. The molecule has 136 valence electrons. The normalized spacial score (nSPS) is 19.7. The van der Waals surface area contributed by atoms with Crippen molar-refractivity contribution in [3.05, 3.63) is 59.7 Å². The molecular formula is C19H17F3N2O2. The fourth-order valence-corrected chi connectivity index (χ4v) is 2.97. The molecule has 0 unspecified atom stereocenters. The van der Waals surface area contributed by atoms with Crippen LogP contribution in [0.15, 0.2) is 53.5 Å². The number of ether oxygens (including phenoxy) is 1. The second-order valence-corrected chi connectivity index (χ2v) is 6.05. The SMILES string of the molecule is COC(=O)[C@@H]1C(C(F)(F)F)=Nc2ccccc2N[C@@H]1c1ccc(C)cc1. The van der Waals surface area contributed by atoms with Gasteiger partial charge in [0.15, 0.2) is 0 Å². The number of rotatable bonds is 2. The fourth-order valence-electron chi connectivity index (χ4n) is 2.97. The van der Waals surface area contributed by atoms with Gasteiger partial charge in [-0.25, -0.2) is 4.99 Å². The molecule has 0 fully saturated rings. The molecule has 4 nitrogen and oxygen atoms in total. The number of nitrogens with zero attached hydrogens (tertiary/aromatic N) is 1. The van der Waals surface area contributed by atoms with Gasteiger partial charge in [0.05, 0.1) is 24.5 Å². The molecule has 0 saturated carbocycles. The first kappa shape index (κ1) is 18.0. The number of aliphatic imine (C=N–C) groups is 1. The van der Waals surface area contributed by atoms with Crippen LogP contribution in [0.25, 0.3) is 0 Å². The van der Waals surface area contributed by atoms with Gasteiger partial charge in [0.2, 0.25) is 0 Å². The molecule has 0 bridgehead atoms. The van der Waals surface area contributed by atoms with Crippen molar-refractivity contribution in [2.24, 2.45) is 10.9 Å². The van der Waals surface area contributed by atoms with Crippen LogP contribution in [0.3, 0.4) is 0 Å². The van der Waals surface area contributed by atoms with Gasteiger partial charge >= 0.3 is 12.1 Å². The van der Waals surface area contributed by atoms with Gasteiger partial charge in [-0.15, -0.1) is 0 Å². The van der Waals surface area contributed by atoms with Crippen molar-refractivity contribution in [3.8, 4) is 0 Å². The number of carbonyl (C=O) groups excluding carboxylic acids is 1. The summed E-state index contributed by atoms with van der Waals surface area (Å²) in [4.78, 5) is 16.1. The standard InChI is InChI=1S/C19H17F3N2O2/c1-11-7-9-12(10-8-11)16-15(18(25)26-2)17(19(20,21)22)24-14-6-4-3-5-13(14)23-16/h3-10,15-16,23H,1-2H3/t15-,16+/m0/s1. The van der Waals surface area contributed by atoms with E-state index in [1.54, 1.807) is 42.5 Å². The second-order valence-electron chi connectivity index (χ2n) is 6.05. The molecule has 1 aliphatic rings. The van der Waals surface area contributed by atoms with Crippen molar-refractivity contribution >= 4 is 23.1 Å². The molecule has 7 heteroatoms. The molecule has 2 aromatic carbocycles.